The van der Waals surface area contributed by atoms with E-state index in [0.717, 1.165) is 25.3 Å². The summed E-state index contributed by atoms with van der Waals surface area (Å²) in [5.74, 6) is 0.960. The average molecular weight is 183 g/mol. The van der Waals surface area contributed by atoms with Gasteiger partial charge in [0, 0.05) is 19.2 Å². The molecule has 2 heteroatoms. The average Bonchev–Trinajstić information content (AvgIpc) is 2.20. The second-order valence-corrected chi connectivity index (χ2v) is 4.62. The number of ether oxygens (including phenoxy) is 1. The lowest BCUT2D eigenvalue weighted by Gasteiger charge is -2.37. The topological polar surface area (TPSA) is 12.5 Å². The predicted molar refractivity (Wildman–Crippen MR) is 53.6 cm³/mol. The molecule has 0 unspecified atom stereocenters. The normalized spacial score (nSPS) is 37.6. The van der Waals surface area contributed by atoms with Crippen LogP contribution >= 0.6 is 0 Å². The third-order valence-corrected chi connectivity index (χ3v) is 3.49. The summed E-state index contributed by atoms with van der Waals surface area (Å²) in [6.45, 7) is 5.50. The van der Waals surface area contributed by atoms with Gasteiger partial charge in [0.15, 0.2) is 0 Å². The third-order valence-electron chi connectivity index (χ3n) is 3.49. The van der Waals surface area contributed by atoms with E-state index in [-0.39, 0.29) is 0 Å². The van der Waals surface area contributed by atoms with Gasteiger partial charge in [-0.1, -0.05) is 6.92 Å². The molecule has 1 saturated heterocycles. The Labute approximate surface area is 81.3 Å². The second kappa shape index (κ2) is 4.43. The van der Waals surface area contributed by atoms with Crippen molar-refractivity contribution in [3.8, 4) is 0 Å². The monoisotopic (exact) mass is 183 g/mol. The van der Waals surface area contributed by atoms with Gasteiger partial charge in [-0.3, -0.25) is 4.90 Å². The van der Waals surface area contributed by atoms with Crippen LogP contribution in [0.1, 0.15) is 39.0 Å². The van der Waals surface area contributed by atoms with E-state index in [9.17, 15) is 0 Å². The molecule has 0 aromatic heterocycles. The van der Waals surface area contributed by atoms with Gasteiger partial charge >= 0.3 is 0 Å². The number of rotatable bonds is 1. The standard InChI is InChI=1S/C11H21NO/c1-10-3-5-11(6-4-10)12-7-2-8-13-9-12/h10-11H,2-9H2,1H3/t10-,11+. The van der Waals surface area contributed by atoms with E-state index in [0.29, 0.717) is 0 Å². The Hall–Kier alpha value is -0.0800. The Kier molecular flexibility index (Phi) is 3.23. The van der Waals surface area contributed by atoms with Crippen molar-refractivity contribution in [1.29, 1.82) is 0 Å². The highest BCUT2D eigenvalue weighted by Gasteiger charge is 2.24. The summed E-state index contributed by atoms with van der Waals surface area (Å²) in [6.07, 6.45) is 6.85. The molecule has 0 aromatic rings. The minimum atomic E-state index is 0.830. The van der Waals surface area contributed by atoms with Gasteiger partial charge in [-0.05, 0) is 38.0 Å². The van der Waals surface area contributed by atoms with Gasteiger partial charge in [0.05, 0.1) is 6.73 Å². The minimum Gasteiger partial charge on any atom is -0.366 e. The first-order valence-corrected chi connectivity index (χ1v) is 5.68. The highest BCUT2D eigenvalue weighted by molar-refractivity contribution is 4.78. The first kappa shape index (κ1) is 9.47. The lowest BCUT2D eigenvalue weighted by Crippen LogP contribution is -2.42. The van der Waals surface area contributed by atoms with Crippen molar-refractivity contribution >= 4 is 0 Å². The summed E-state index contributed by atoms with van der Waals surface area (Å²) in [4.78, 5) is 2.54. The molecule has 0 aromatic carbocycles. The van der Waals surface area contributed by atoms with Gasteiger partial charge < -0.3 is 4.74 Å². The van der Waals surface area contributed by atoms with Crippen LogP contribution < -0.4 is 0 Å². The van der Waals surface area contributed by atoms with E-state index in [2.05, 4.69) is 11.8 Å². The molecule has 1 aliphatic heterocycles. The maximum atomic E-state index is 5.49. The van der Waals surface area contributed by atoms with E-state index in [4.69, 9.17) is 4.74 Å². The van der Waals surface area contributed by atoms with E-state index >= 15 is 0 Å². The lowest BCUT2D eigenvalue weighted by atomic mass is 9.86. The molecule has 0 N–H and O–H groups in total. The first-order chi connectivity index (χ1) is 6.36. The summed E-state index contributed by atoms with van der Waals surface area (Å²) in [6, 6.07) is 0.830. The van der Waals surface area contributed by atoms with Crippen LogP contribution in [0, 0.1) is 5.92 Å². The number of hydrogen-bond donors (Lipinski definition) is 0. The van der Waals surface area contributed by atoms with E-state index in [1.165, 1.54) is 38.6 Å². The van der Waals surface area contributed by atoms with Crippen LogP contribution in [0.25, 0.3) is 0 Å². The van der Waals surface area contributed by atoms with Crippen molar-refractivity contribution in [2.45, 2.75) is 45.1 Å². The Morgan fingerprint density at radius 2 is 1.92 bits per heavy atom. The Balaban J connectivity index is 1.79. The molecule has 13 heavy (non-hydrogen) atoms. The van der Waals surface area contributed by atoms with E-state index in [1.54, 1.807) is 0 Å². The Morgan fingerprint density at radius 1 is 1.15 bits per heavy atom. The Bertz CT molecular complexity index is 146. The molecule has 1 aliphatic carbocycles. The van der Waals surface area contributed by atoms with Crippen molar-refractivity contribution in [3.05, 3.63) is 0 Å². The molecule has 0 spiro atoms. The maximum absolute atomic E-state index is 5.49. The van der Waals surface area contributed by atoms with Crippen molar-refractivity contribution in [1.82, 2.24) is 4.90 Å². The largest absolute Gasteiger partial charge is 0.366 e. The molecule has 1 saturated carbocycles. The van der Waals surface area contributed by atoms with Gasteiger partial charge in [0.2, 0.25) is 0 Å². The second-order valence-electron chi connectivity index (χ2n) is 4.62. The van der Waals surface area contributed by atoms with Crippen LogP contribution in [-0.2, 0) is 4.74 Å². The highest BCUT2D eigenvalue weighted by atomic mass is 16.5. The summed E-state index contributed by atoms with van der Waals surface area (Å²) in [5.41, 5.74) is 0. The summed E-state index contributed by atoms with van der Waals surface area (Å²) >= 11 is 0. The van der Waals surface area contributed by atoms with Crippen LogP contribution in [-0.4, -0.2) is 30.8 Å². The molecular weight excluding hydrogens is 162 g/mol. The maximum Gasteiger partial charge on any atom is 0.0992 e. The van der Waals surface area contributed by atoms with Crippen molar-refractivity contribution in [2.24, 2.45) is 5.92 Å². The fraction of sp³-hybridized carbons (Fsp3) is 1.00. The van der Waals surface area contributed by atoms with E-state index in [1.807, 2.05) is 0 Å². The predicted octanol–water partition coefficient (Wildman–Crippen LogP) is 2.24. The molecule has 0 bridgehead atoms. The van der Waals surface area contributed by atoms with Gasteiger partial charge in [-0.2, -0.15) is 0 Å². The zero-order valence-electron chi connectivity index (χ0n) is 8.67. The van der Waals surface area contributed by atoms with Gasteiger partial charge in [-0.15, -0.1) is 0 Å². The SMILES string of the molecule is C[C@H]1CC[C@@H](N2CCCOC2)CC1. The molecule has 0 amide bonds. The zero-order chi connectivity index (χ0) is 9.10. The van der Waals surface area contributed by atoms with Crippen LogP contribution in [0.5, 0.6) is 0 Å². The lowest BCUT2D eigenvalue weighted by molar-refractivity contribution is -0.0451. The molecule has 2 fully saturated rings. The van der Waals surface area contributed by atoms with Crippen LogP contribution in [0.2, 0.25) is 0 Å². The third kappa shape index (κ3) is 2.44. The van der Waals surface area contributed by atoms with Crippen LogP contribution in [0.3, 0.4) is 0 Å². The number of hydrogen-bond acceptors (Lipinski definition) is 2. The van der Waals surface area contributed by atoms with Crippen LogP contribution in [0.4, 0.5) is 0 Å². The van der Waals surface area contributed by atoms with Gasteiger partial charge in [0.25, 0.3) is 0 Å². The Morgan fingerprint density at radius 3 is 2.54 bits per heavy atom. The molecule has 1 heterocycles. The van der Waals surface area contributed by atoms with Crippen molar-refractivity contribution in [3.63, 3.8) is 0 Å². The molecule has 76 valence electrons. The fourth-order valence-electron chi connectivity index (χ4n) is 2.51. The smallest absolute Gasteiger partial charge is 0.0992 e. The fourth-order valence-corrected chi connectivity index (χ4v) is 2.51. The molecule has 2 nitrogen and oxygen atoms in total. The summed E-state index contributed by atoms with van der Waals surface area (Å²) in [5, 5.41) is 0. The van der Waals surface area contributed by atoms with Gasteiger partial charge in [-0.25, -0.2) is 0 Å². The van der Waals surface area contributed by atoms with Crippen molar-refractivity contribution < 1.29 is 4.74 Å². The molecule has 2 rings (SSSR count). The van der Waals surface area contributed by atoms with E-state index < -0.39 is 0 Å². The van der Waals surface area contributed by atoms with Crippen LogP contribution in [0.15, 0.2) is 0 Å². The number of nitrogens with zero attached hydrogens (tertiary/aromatic N) is 1. The molecule has 0 radical (unpaired) electrons. The van der Waals surface area contributed by atoms with Crippen molar-refractivity contribution in [2.75, 3.05) is 19.9 Å². The highest BCUT2D eigenvalue weighted by Crippen LogP contribution is 2.27. The van der Waals surface area contributed by atoms with Gasteiger partial charge in [0.1, 0.15) is 0 Å². The molecular formula is C11H21NO. The molecule has 2 aliphatic rings. The minimum absolute atomic E-state index is 0.830. The molecule has 0 atom stereocenters. The zero-order valence-corrected chi connectivity index (χ0v) is 8.67. The summed E-state index contributed by atoms with van der Waals surface area (Å²) in [7, 11) is 0. The summed E-state index contributed by atoms with van der Waals surface area (Å²) < 4.78 is 5.49. The first-order valence-electron chi connectivity index (χ1n) is 5.68. The quantitative estimate of drug-likeness (QED) is 0.618.